The van der Waals surface area contributed by atoms with Gasteiger partial charge < -0.3 is 20.1 Å². The van der Waals surface area contributed by atoms with Gasteiger partial charge in [0.25, 0.3) is 0 Å². The number of hydrogen-bond donors (Lipinski definition) is 3. The molecule has 0 saturated heterocycles. The topological polar surface area (TPSA) is 91.4 Å². The first-order valence-electron chi connectivity index (χ1n) is 9.35. The van der Waals surface area contributed by atoms with Gasteiger partial charge in [-0.2, -0.15) is 0 Å². The van der Waals surface area contributed by atoms with Gasteiger partial charge in [0.15, 0.2) is 0 Å². The largest absolute Gasteiger partial charge is 0.506 e. The van der Waals surface area contributed by atoms with Gasteiger partial charge in [0.1, 0.15) is 11.3 Å². The van der Waals surface area contributed by atoms with Crippen LogP contribution in [-0.2, 0) is 22.4 Å². The zero-order valence-electron chi connectivity index (χ0n) is 15.6. The van der Waals surface area contributed by atoms with Crippen LogP contribution in [0.3, 0.4) is 0 Å². The van der Waals surface area contributed by atoms with Crippen LogP contribution < -0.4 is 10.2 Å². The Morgan fingerprint density at radius 1 is 1.11 bits per heavy atom. The first-order valence-corrected chi connectivity index (χ1v) is 10.2. The van der Waals surface area contributed by atoms with Crippen molar-refractivity contribution in [3.05, 3.63) is 63.3 Å². The number of benzene rings is 2. The standard InChI is InChI=1S/C21H24N2O4S/c24-17-9-8-16(20-19(17)23-21(26)28-20)10-12-22-18(25)7-4-13-27-14-11-15-5-2-1-3-6-15/h1-3,5-6,8-9,24H,4,7,10-14H2,(H,22,25)(H,23,26). The lowest BCUT2D eigenvalue weighted by Gasteiger charge is -2.07. The van der Waals surface area contributed by atoms with E-state index in [-0.39, 0.29) is 16.5 Å². The maximum atomic E-state index is 11.9. The van der Waals surface area contributed by atoms with Gasteiger partial charge in [0, 0.05) is 19.6 Å². The molecule has 3 N–H and O–H groups in total. The Morgan fingerprint density at radius 2 is 1.93 bits per heavy atom. The van der Waals surface area contributed by atoms with E-state index in [1.54, 1.807) is 12.1 Å². The molecule has 0 radical (unpaired) electrons. The van der Waals surface area contributed by atoms with E-state index in [2.05, 4.69) is 22.4 Å². The number of H-pyrrole nitrogens is 1. The van der Waals surface area contributed by atoms with Gasteiger partial charge in [0.05, 0.1) is 11.3 Å². The Morgan fingerprint density at radius 3 is 2.75 bits per heavy atom. The van der Waals surface area contributed by atoms with Crippen LogP contribution in [0.2, 0.25) is 0 Å². The lowest BCUT2D eigenvalue weighted by Crippen LogP contribution is -2.25. The second kappa shape index (κ2) is 10.1. The van der Waals surface area contributed by atoms with Gasteiger partial charge in [-0.3, -0.25) is 9.59 Å². The van der Waals surface area contributed by atoms with Crippen molar-refractivity contribution in [2.45, 2.75) is 25.7 Å². The summed E-state index contributed by atoms with van der Waals surface area (Å²) in [7, 11) is 0. The summed E-state index contributed by atoms with van der Waals surface area (Å²) in [6.07, 6.45) is 2.58. The number of fused-ring (bicyclic) bond motifs is 1. The van der Waals surface area contributed by atoms with Crippen LogP contribution in [0.25, 0.3) is 10.2 Å². The molecule has 3 aromatic rings. The number of rotatable bonds is 10. The van der Waals surface area contributed by atoms with Gasteiger partial charge in [-0.05, 0) is 36.5 Å². The van der Waals surface area contributed by atoms with Crippen LogP contribution in [0.15, 0.2) is 47.3 Å². The van der Waals surface area contributed by atoms with Crippen molar-refractivity contribution < 1.29 is 14.6 Å². The van der Waals surface area contributed by atoms with Crippen molar-refractivity contribution in [2.24, 2.45) is 0 Å². The fourth-order valence-corrected chi connectivity index (χ4v) is 3.86. The van der Waals surface area contributed by atoms with E-state index < -0.39 is 0 Å². The van der Waals surface area contributed by atoms with Gasteiger partial charge in [-0.1, -0.05) is 47.7 Å². The average molecular weight is 401 g/mol. The number of carbonyl (C=O) groups is 1. The Balaban J connectivity index is 1.32. The molecule has 28 heavy (non-hydrogen) atoms. The summed E-state index contributed by atoms with van der Waals surface area (Å²) in [5.41, 5.74) is 2.64. The molecule has 6 nitrogen and oxygen atoms in total. The zero-order valence-corrected chi connectivity index (χ0v) is 16.4. The fraction of sp³-hybridized carbons (Fsp3) is 0.333. The number of carbonyl (C=O) groups excluding carboxylic acids is 1. The van der Waals surface area contributed by atoms with E-state index in [1.807, 2.05) is 18.2 Å². The minimum absolute atomic E-state index is 0.0102. The number of amides is 1. The SMILES string of the molecule is O=C(CCCOCCc1ccccc1)NCCc1ccc(O)c2[nH]c(=O)sc12. The Bertz CT molecular complexity index is 965. The maximum Gasteiger partial charge on any atom is 0.305 e. The number of phenols is 1. The number of phenolic OH excluding ortho intramolecular Hbond substituents is 1. The number of aromatic nitrogens is 1. The molecule has 0 unspecified atom stereocenters. The molecule has 0 aliphatic heterocycles. The Hall–Kier alpha value is -2.64. The maximum absolute atomic E-state index is 11.9. The molecule has 0 fully saturated rings. The molecule has 7 heteroatoms. The third-order valence-corrected chi connectivity index (χ3v) is 5.38. The number of nitrogens with one attached hydrogen (secondary N) is 2. The zero-order chi connectivity index (χ0) is 19.8. The number of thiazole rings is 1. The highest BCUT2D eigenvalue weighted by Crippen LogP contribution is 2.27. The summed E-state index contributed by atoms with van der Waals surface area (Å²) in [6.45, 7) is 1.71. The van der Waals surface area contributed by atoms with Crippen LogP contribution in [0, 0.1) is 0 Å². The van der Waals surface area contributed by atoms with Crippen molar-refractivity contribution in [2.75, 3.05) is 19.8 Å². The number of hydrogen-bond acceptors (Lipinski definition) is 5. The quantitative estimate of drug-likeness (QED) is 0.456. The molecule has 2 aromatic carbocycles. The van der Waals surface area contributed by atoms with Crippen molar-refractivity contribution >= 4 is 27.5 Å². The monoisotopic (exact) mass is 400 g/mol. The molecule has 0 atom stereocenters. The summed E-state index contributed by atoms with van der Waals surface area (Å²) >= 11 is 1.07. The average Bonchev–Trinajstić information content (AvgIpc) is 3.10. The lowest BCUT2D eigenvalue weighted by molar-refractivity contribution is -0.121. The normalized spacial score (nSPS) is 11.0. The predicted molar refractivity (Wildman–Crippen MR) is 111 cm³/mol. The van der Waals surface area contributed by atoms with Crippen molar-refractivity contribution in [3.8, 4) is 5.75 Å². The summed E-state index contributed by atoms with van der Waals surface area (Å²) in [5, 5.41) is 12.7. The van der Waals surface area contributed by atoms with Gasteiger partial charge in [-0.25, -0.2) is 0 Å². The van der Waals surface area contributed by atoms with Crippen molar-refractivity contribution in [1.82, 2.24) is 10.3 Å². The number of ether oxygens (including phenoxy) is 1. The first-order chi connectivity index (χ1) is 13.6. The van der Waals surface area contributed by atoms with Crippen LogP contribution in [0.5, 0.6) is 5.75 Å². The molecule has 1 aromatic heterocycles. The fourth-order valence-electron chi connectivity index (χ4n) is 2.97. The van der Waals surface area contributed by atoms with E-state index in [4.69, 9.17) is 4.74 Å². The smallest absolute Gasteiger partial charge is 0.305 e. The molecule has 0 spiro atoms. The van der Waals surface area contributed by atoms with Crippen LogP contribution in [-0.4, -0.2) is 35.8 Å². The summed E-state index contributed by atoms with van der Waals surface area (Å²) in [6, 6.07) is 13.5. The van der Waals surface area contributed by atoms with Gasteiger partial charge >= 0.3 is 4.87 Å². The predicted octanol–water partition coefficient (Wildman–Crippen LogP) is 2.99. The second-order valence-corrected chi connectivity index (χ2v) is 7.50. The highest BCUT2D eigenvalue weighted by atomic mass is 32.1. The summed E-state index contributed by atoms with van der Waals surface area (Å²) in [4.78, 5) is 25.9. The highest BCUT2D eigenvalue weighted by Gasteiger charge is 2.10. The molecule has 148 valence electrons. The van der Waals surface area contributed by atoms with E-state index in [0.29, 0.717) is 44.5 Å². The Kier molecular flexibility index (Phi) is 7.22. The molecule has 0 aliphatic carbocycles. The molecule has 0 bridgehead atoms. The van der Waals surface area contributed by atoms with E-state index in [1.165, 1.54) is 5.56 Å². The van der Waals surface area contributed by atoms with E-state index in [9.17, 15) is 14.7 Å². The van der Waals surface area contributed by atoms with Crippen LogP contribution in [0.1, 0.15) is 24.0 Å². The van der Waals surface area contributed by atoms with Crippen LogP contribution in [0.4, 0.5) is 0 Å². The first kappa shape index (κ1) is 20.1. The molecular weight excluding hydrogens is 376 g/mol. The van der Waals surface area contributed by atoms with Gasteiger partial charge in [-0.15, -0.1) is 0 Å². The number of aromatic hydroxyl groups is 1. The highest BCUT2D eigenvalue weighted by molar-refractivity contribution is 7.16. The molecule has 3 rings (SSSR count). The summed E-state index contributed by atoms with van der Waals surface area (Å²) in [5.74, 6) is 0.0531. The van der Waals surface area contributed by atoms with Gasteiger partial charge in [0.2, 0.25) is 5.91 Å². The molecule has 0 saturated carbocycles. The van der Waals surface area contributed by atoms with Crippen molar-refractivity contribution in [1.29, 1.82) is 0 Å². The second-order valence-electron chi connectivity index (χ2n) is 6.51. The molecule has 1 amide bonds. The van der Waals surface area contributed by atoms with Crippen LogP contribution >= 0.6 is 11.3 Å². The Labute approximate surface area is 167 Å². The third-order valence-electron chi connectivity index (χ3n) is 4.43. The summed E-state index contributed by atoms with van der Waals surface area (Å²) < 4.78 is 6.33. The van der Waals surface area contributed by atoms with E-state index in [0.717, 1.165) is 28.0 Å². The van der Waals surface area contributed by atoms with E-state index >= 15 is 0 Å². The molecule has 1 heterocycles. The minimum atomic E-state index is -0.200. The van der Waals surface area contributed by atoms with Crippen molar-refractivity contribution in [3.63, 3.8) is 0 Å². The number of aromatic amines is 1. The third kappa shape index (κ3) is 5.68. The molecule has 0 aliphatic rings. The minimum Gasteiger partial charge on any atom is -0.506 e. The lowest BCUT2D eigenvalue weighted by atomic mass is 10.1. The molecular formula is C21H24N2O4S.